The number of halogens is 1. The number of nitrogens with zero attached hydrogens (tertiary/aromatic N) is 1. The van der Waals surface area contributed by atoms with E-state index in [0.29, 0.717) is 5.56 Å². The monoisotopic (exact) mass is 290 g/mol. The third-order valence-corrected chi connectivity index (χ3v) is 3.51. The van der Waals surface area contributed by atoms with Crippen LogP contribution in [0.15, 0.2) is 48.8 Å². The number of carbonyl (C=O) groups is 1. The SMILES string of the molecule is C[C@H](NC(=O)[C@H](C)n1cccc1)[C@@H](O)c1ccc(F)cc1. The number of benzene rings is 1. The minimum Gasteiger partial charge on any atom is -0.386 e. The summed E-state index contributed by atoms with van der Waals surface area (Å²) in [7, 11) is 0. The molecule has 2 rings (SSSR count). The van der Waals surface area contributed by atoms with E-state index < -0.39 is 12.1 Å². The highest BCUT2D eigenvalue weighted by Gasteiger charge is 2.21. The van der Waals surface area contributed by atoms with Crippen LogP contribution < -0.4 is 5.32 Å². The van der Waals surface area contributed by atoms with Gasteiger partial charge in [0.1, 0.15) is 11.9 Å². The first kappa shape index (κ1) is 15.3. The van der Waals surface area contributed by atoms with Gasteiger partial charge in [0.15, 0.2) is 0 Å². The number of aromatic nitrogens is 1. The Morgan fingerprint density at radius 2 is 1.76 bits per heavy atom. The van der Waals surface area contributed by atoms with Gasteiger partial charge >= 0.3 is 0 Å². The summed E-state index contributed by atoms with van der Waals surface area (Å²) in [5, 5.41) is 13.0. The fourth-order valence-electron chi connectivity index (χ4n) is 2.11. The van der Waals surface area contributed by atoms with Crippen molar-refractivity contribution in [3.8, 4) is 0 Å². The van der Waals surface area contributed by atoms with Crippen LogP contribution in [-0.2, 0) is 4.79 Å². The molecule has 2 aromatic rings. The summed E-state index contributed by atoms with van der Waals surface area (Å²) in [4.78, 5) is 12.1. The van der Waals surface area contributed by atoms with Gasteiger partial charge in [-0.15, -0.1) is 0 Å². The fraction of sp³-hybridized carbons (Fsp3) is 0.312. The summed E-state index contributed by atoms with van der Waals surface area (Å²) in [5.74, 6) is -0.538. The molecule has 4 nitrogen and oxygen atoms in total. The van der Waals surface area contributed by atoms with Crippen molar-refractivity contribution in [1.29, 1.82) is 0 Å². The molecule has 0 unspecified atom stereocenters. The molecule has 5 heteroatoms. The van der Waals surface area contributed by atoms with Crippen molar-refractivity contribution < 1.29 is 14.3 Å². The Morgan fingerprint density at radius 3 is 2.33 bits per heavy atom. The number of aliphatic hydroxyl groups is 1. The van der Waals surface area contributed by atoms with Gasteiger partial charge < -0.3 is 15.0 Å². The fourth-order valence-corrected chi connectivity index (χ4v) is 2.11. The Kier molecular flexibility index (Phi) is 4.75. The van der Waals surface area contributed by atoms with Crippen LogP contribution in [0.4, 0.5) is 4.39 Å². The molecule has 2 N–H and O–H groups in total. The lowest BCUT2D eigenvalue weighted by Gasteiger charge is -2.23. The third kappa shape index (κ3) is 3.70. The lowest BCUT2D eigenvalue weighted by Crippen LogP contribution is -2.40. The van der Waals surface area contributed by atoms with Gasteiger partial charge in [-0.1, -0.05) is 12.1 Å². The summed E-state index contributed by atoms with van der Waals surface area (Å²) < 4.78 is 14.7. The van der Waals surface area contributed by atoms with E-state index in [1.165, 1.54) is 24.3 Å². The first-order valence-electron chi connectivity index (χ1n) is 6.85. The van der Waals surface area contributed by atoms with Crippen LogP contribution in [0.3, 0.4) is 0 Å². The van der Waals surface area contributed by atoms with Crippen LogP contribution in [0.5, 0.6) is 0 Å². The molecule has 1 aromatic heterocycles. The van der Waals surface area contributed by atoms with Crippen molar-refractivity contribution >= 4 is 5.91 Å². The van der Waals surface area contributed by atoms with Crippen molar-refractivity contribution in [1.82, 2.24) is 9.88 Å². The summed E-state index contributed by atoms with van der Waals surface area (Å²) in [6.45, 7) is 3.50. The molecule has 0 aliphatic heterocycles. The van der Waals surface area contributed by atoms with Gasteiger partial charge in [-0.05, 0) is 43.7 Å². The van der Waals surface area contributed by atoms with Crippen LogP contribution in [-0.4, -0.2) is 21.6 Å². The van der Waals surface area contributed by atoms with E-state index in [2.05, 4.69) is 5.32 Å². The number of amides is 1. The second kappa shape index (κ2) is 6.54. The van der Waals surface area contributed by atoms with Gasteiger partial charge in [0.05, 0.1) is 12.1 Å². The second-order valence-electron chi connectivity index (χ2n) is 5.10. The Balaban J connectivity index is 1.98. The van der Waals surface area contributed by atoms with E-state index in [9.17, 15) is 14.3 Å². The predicted molar refractivity (Wildman–Crippen MR) is 78.1 cm³/mol. The maximum atomic E-state index is 12.9. The number of hydrogen-bond donors (Lipinski definition) is 2. The maximum Gasteiger partial charge on any atom is 0.243 e. The van der Waals surface area contributed by atoms with Crippen molar-refractivity contribution in [2.75, 3.05) is 0 Å². The standard InChI is InChI=1S/C16H19FN2O2/c1-11(15(20)13-5-7-14(17)8-6-13)18-16(21)12(2)19-9-3-4-10-19/h3-12,15,20H,1-2H3,(H,18,21)/t11-,12-,15+/m0/s1. The lowest BCUT2D eigenvalue weighted by molar-refractivity contribution is -0.125. The van der Waals surface area contributed by atoms with Crippen LogP contribution in [0.2, 0.25) is 0 Å². The van der Waals surface area contributed by atoms with Gasteiger partial charge in [0.2, 0.25) is 5.91 Å². The molecule has 1 aromatic carbocycles. The van der Waals surface area contributed by atoms with Gasteiger partial charge in [0, 0.05) is 12.4 Å². The smallest absolute Gasteiger partial charge is 0.243 e. The number of carbonyl (C=O) groups excluding carboxylic acids is 1. The Hall–Kier alpha value is -2.14. The number of aliphatic hydroxyl groups excluding tert-OH is 1. The van der Waals surface area contributed by atoms with Crippen LogP contribution >= 0.6 is 0 Å². The molecule has 0 spiro atoms. The van der Waals surface area contributed by atoms with Crippen molar-refractivity contribution in [2.45, 2.75) is 32.0 Å². The van der Waals surface area contributed by atoms with Gasteiger partial charge in [-0.25, -0.2) is 4.39 Å². The number of nitrogens with one attached hydrogen (secondary N) is 1. The molecule has 0 radical (unpaired) electrons. The molecule has 0 bridgehead atoms. The summed E-state index contributed by atoms with van der Waals surface area (Å²) in [5.41, 5.74) is 0.567. The first-order chi connectivity index (χ1) is 9.99. The molecule has 21 heavy (non-hydrogen) atoms. The molecule has 0 aliphatic rings. The highest BCUT2D eigenvalue weighted by Crippen LogP contribution is 2.18. The number of hydrogen-bond acceptors (Lipinski definition) is 2. The minimum atomic E-state index is -0.883. The molecule has 0 fully saturated rings. The first-order valence-corrected chi connectivity index (χ1v) is 6.85. The predicted octanol–water partition coefficient (Wildman–Crippen LogP) is 2.43. The molecular weight excluding hydrogens is 271 g/mol. The average Bonchev–Trinajstić information content (AvgIpc) is 3.00. The van der Waals surface area contributed by atoms with Crippen molar-refractivity contribution in [3.63, 3.8) is 0 Å². The molecule has 0 saturated carbocycles. The lowest BCUT2D eigenvalue weighted by atomic mass is 10.0. The van der Waals surface area contributed by atoms with E-state index in [0.717, 1.165) is 0 Å². The van der Waals surface area contributed by atoms with E-state index >= 15 is 0 Å². The highest BCUT2D eigenvalue weighted by molar-refractivity contribution is 5.80. The van der Waals surface area contributed by atoms with Crippen LogP contribution in [0.25, 0.3) is 0 Å². The third-order valence-electron chi connectivity index (χ3n) is 3.51. The van der Waals surface area contributed by atoms with Gasteiger partial charge in [-0.2, -0.15) is 0 Å². The topological polar surface area (TPSA) is 54.3 Å². The summed E-state index contributed by atoms with van der Waals surface area (Å²) in [6.07, 6.45) is 2.74. The Bertz CT molecular complexity index is 581. The molecule has 1 amide bonds. The molecule has 0 aliphatic carbocycles. The summed E-state index contributed by atoms with van der Waals surface area (Å²) >= 11 is 0. The molecular formula is C16H19FN2O2. The second-order valence-corrected chi connectivity index (χ2v) is 5.10. The van der Waals surface area contributed by atoms with E-state index in [1.54, 1.807) is 18.4 Å². The van der Waals surface area contributed by atoms with Crippen molar-refractivity contribution in [2.24, 2.45) is 0 Å². The maximum absolute atomic E-state index is 12.9. The zero-order valence-electron chi connectivity index (χ0n) is 12.0. The Labute approximate surface area is 123 Å². The van der Waals surface area contributed by atoms with Gasteiger partial charge in [-0.3, -0.25) is 4.79 Å². The molecule has 1 heterocycles. The Morgan fingerprint density at radius 1 is 1.19 bits per heavy atom. The van der Waals surface area contributed by atoms with Crippen molar-refractivity contribution in [3.05, 3.63) is 60.2 Å². The zero-order valence-corrected chi connectivity index (χ0v) is 12.0. The molecule has 3 atom stereocenters. The van der Waals surface area contributed by atoms with Crippen LogP contribution in [0.1, 0.15) is 31.6 Å². The van der Waals surface area contributed by atoms with Gasteiger partial charge in [0.25, 0.3) is 0 Å². The largest absolute Gasteiger partial charge is 0.386 e. The summed E-state index contributed by atoms with van der Waals surface area (Å²) in [6, 6.07) is 8.46. The van der Waals surface area contributed by atoms with E-state index in [4.69, 9.17) is 0 Å². The zero-order chi connectivity index (χ0) is 15.4. The van der Waals surface area contributed by atoms with E-state index in [-0.39, 0.29) is 17.8 Å². The highest BCUT2D eigenvalue weighted by atomic mass is 19.1. The van der Waals surface area contributed by atoms with Crippen LogP contribution in [0, 0.1) is 5.82 Å². The average molecular weight is 290 g/mol. The van der Waals surface area contributed by atoms with E-state index in [1.807, 2.05) is 24.5 Å². The molecule has 112 valence electrons. The normalized spacial score (nSPS) is 15.2. The molecule has 0 saturated heterocycles. The minimum absolute atomic E-state index is 0.181. The quantitative estimate of drug-likeness (QED) is 0.888. The number of rotatable bonds is 5.